The summed E-state index contributed by atoms with van der Waals surface area (Å²) in [4.78, 5) is 25.0. The van der Waals surface area contributed by atoms with Gasteiger partial charge < -0.3 is 5.32 Å². The number of rotatable bonds is 4. The average molecular weight is 292 g/mol. The molecule has 2 N–H and O–H groups in total. The summed E-state index contributed by atoms with van der Waals surface area (Å²) in [5.41, 5.74) is 1.18. The van der Waals surface area contributed by atoms with Gasteiger partial charge in [0.15, 0.2) is 0 Å². The molecule has 2 heterocycles. The summed E-state index contributed by atoms with van der Waals surface area (Å²) in [7, 11) is 0. The van der Waals surface area contributed by atoms with Crippen molar-refractivity contribution in [3.05, 3.63) is 29.2 Å². The van der Waals surface area contributed by atoms with E-state index in [0.717, 1.165) is 0 Å². The van der Waals surface area contributed by atoms with Crippen molar-refractivity contribution in [3.63, 3.8) is 0 Å². The van der Waals surface area contributed by atoms with Crippen molar-refractivity contribution in [3.8, 4) is 0 Å². The highest BCUT2D eigenvalue weighted by Gasteiger charge is 2.20. The van der Waals surface area contributed by atoms with Crippen molar-refractivity contribution in [2.45, 2.75) is 31.8 Å². The van der Waals surface area contributed by atoms with Gasteiger partial charge in [0.05, 0.1) is 17.3 Å². The molecule has 20 heavy (non-hydrogen) atoms. The normalized spacial score (nSPS) is 12.2. The van der Waals surface area contributed by atoms with Crippen LogP contribution in [0.5, 0.6) is 0 Å². The topological polar surface area (TPSA) is 96.5 Å². The quantitative estimate of drug-likeness (QED) is 0.653. The smallest absolute Gasteiger partial charge is 0.256 e. The summed E-state index contributed by atoms with van der Waals surface area (Å²) >= 11 is 1.43. The van der Waals surface area contributed by atoms with Crippen LogP contribution in [0.15, 0.2) is 11.4 Å². The van der Waals surface area contributed by atoms with Gasteiger partial charge >= 0.3 is 0 Å². The zero-order chi connectivity index (χ0) is 14.7. The molecule has 0 aromatic carbocycles. The van der Waals surface area contributed by atoms with E-state index in [2.05, 4.69) is 30.5 Å². The van der Waals surface area contributed by atoms with Gasteiger partial charge in [-0.15, -0.1) is 11.8 Å². The van der Waals surface area contributed by atoms with Crippen LogP contribution in [-0.4, -0.2) is 37.3 Å². The molecule has 1 amide bonds. The van der Waals surface area contributed by atoms with Gasteiger partial charge in [-0.3, -0.25) is 9.89 Å². The van der Waals surface area contributed by atoms with Gasteiger partial charge in [-0.2, -0.15) is 5.10 Å². The van der Waals surface area contributed by atoms with Crippen molar-refractivity contribution < 1.29 is 4.79 Å². The molecule has 0 radical (unpaired) electrons. The van der Waals surface area contributed by atoms with Crippen LogP contribution in [0.1, 0.15) is 40.7 Å². The molecule has 0 aliphatic carbocycles. The van der Waals surface area contributed by atoms with Gasteiger partial charge in [0.25, 0.3) is 5.91 Å². The average Bonchev–Trinajstić information content (AvgIpc) is 2.91. The molecule has 0 spiro atoms. The first-order valence-corrected chi connectivity index (χ1v) is 7.30. The maximum atomic E-state index is 12.4. The van der Waals surface area contributed by atoms with Gasteiger partial charge in [-0.25, -0.2) is 15.0 Å². The standard InChI is InChI=1S/C12H16N6OS/c1-6-9(12(20-4)17-8(3)15-6)11(19)16-7(2)10-13-5-14-18-10/h5,7H,1-4H3,(H,16,19)(H,13,14,18). The Morgan fingerprint density at radius 2 is 2.15 bits per heavy atom. The molecule has 8 heteroatoms. The summed E-state index contributed by atoms with van der Waals surface area (Å²) in [6.07, 6.45) is 3.30. The van der Waals surface area contributed by atoms with Crippen molar-refractivity contribution in [2.24, 2.45) is 0 Å². The van der Waals surface area contributed by atoms with Gasteiger partial charge in [-0.05, 0) is 27.0 Å². The van der Waals surface area contributed by atoms with E-state index in [0.29, 0.717) is 27.9 Å². The Balaban J connectivity index is 2.25. The van der Waals surface area contributed by atoms with Crippen LogP contribution in [0.2, 0.25) is 0 Å². The van der Waals surface area contributed by atoms with Crippen molar-refractivity contribution in [1.29, 1.82) is 0 Å². The fourth-order valence-electron chi connectivity index (χ4n) is 1.85. The summed E-state index contributed by atoms with van der Waals surface area (Å²) in [5.74, 6) is 1.05. The molecule has 0 saturated carbocycles. The molecule has 0 aliphatic heterocycles. The number of aryl methyl sites for hydroxylation is 2. The first-order chi connectivity index (χ1) is 9.52. The SMILES string of the molecule is CSc1nc(C)nc(C)c1C(=O)NC(C)c1ncn[nH]1. The maximum Gasteiger partial charge on any atom is 0.256 e. The van der Waals surface area contributed by atoms with E-state index in [1.165, 1.54) is 18.1 Å². The zero-order valence-electron chi connectivity index (χ0n) is 11.8. The highest BCUT2D eigenvalue weighted by molar-refractivity contribution is 7.98. The van der Waals surface area contributed by atoms with Gasteiger partial charge in [0, 0.05) is 0 Å². The fourth-order valence-corrected chi connectivity index (χ4v) is 2.52. The number of aromatic nitrogens is 5. The lowest BCUT2D eigenvalue weighted by molar-refractivity contribution is 0.0933. The van der Waals surface area contributed by atoms with E-state index in [1.54, 1.807) is 0 Å². The summed E-state index contributed by atoms with van der Waals surface area (Å²) < 4.78 is 0. The molecule has 2 aromatic heterocycles. The lowest BCUT2D eigenvalue weighted by Crippen LogP contribution is -2.29. The van der Waals surface area contributed by atoms with Gasteiger partial charge in [0.1, 0.15) is 23.0 Å². The Hall–Kier alpha value is -1.96. The van der Waals surface area contributed by atoms with Crippen LogP contribution < -0.4 is 5.32 Å². The van der Waals surface area contributed by atoms with Crippen LogP contribution in [0, 0.1) is 13.8 Å². The summed E-state index contributed by atoms with van der Waals surface area (Å²) in [6, 6.07) is -0.264. The van der Waals surface area contributed by atoms with Crippen LogP contribution in [0.25, 0.3) is 0 Å². The Labute approximate surface area is 121 Å². The number of hydrogen-bond acceptors (Lipinski definition) is 6. The number of hydrogen-bond donors (Lipinski definition) is 2. The fraction of sp³-hybridized carbons (Fsp3) is 0.417. The minimum absolute atomic E-state index is 0.212. The molecule has 0 aliphatic rings. The molecule has 0 bridgehead atoms. The molecular formula is C12H16N6OS. The lowest BCUT2D eigenvalue weighted by Gasteiger charge is -2.14. The summed E-state index contributed by atoms with van der Waals surface area (Å²) in [5, 5.41) is 10.0. The van der Waals surface area contributed by atoms with Crippen molar-refractivity contribution in [2.75, 3.05) is 6.26 Å². The van der Waals surface area contributed by atoms with E-state index >= 15 is 0 Å². The van der Waals surface area contributed by atoms with Crippen LogP contribution >= 0.6 is 11.8 Å². The molecular weight excluding hydrogens is 276 g/mol. The second-order valence-corrected chi connectivity index (χ2v) is 5.10. The van der Waals surface area contributed by atoms with Crippen LogP contribution in [0.4, 0.5) is 0 Å². The maximum absolute atomic E-state index is 12.4. The Bertz CT molecular complexity index is 613. The van der Waals surface area contributed by atoms with E-state index in [-0.39, 0.29) is 11.9 Å². The third-order valence-electron chi connectivity index (χ3n) is 2.78. The highest BCUT2D eigenvalue weighted by Crippen LogP contribution is 2.21. The third kappa shape index (κ3) is 2.96. The molecule has 0 fully saturated rings. The molecule has 2 aromatic rings. The van der Waals surface area contributed by atoms with Crippen LogP contribution in [0.3, 0.4) is 0 Å². The van der Waals surface area contributed by atoms with E-state index in [4.69, 9.17) is 0 Å². The van der Waals surface area contributed by atoms with Crippen LogP contribution in [-0.2, 0) is 0 Å². The predicted molar refractivity (Wildman–Crippen MR) is 75.6 cm³/mol. The summed E-state index contributed by atoms with van der Waals surface area (Å²) in [6.45, 7) is 5.45. The number of nitrogens with one attached hydrogen (secondary N) is 2. The number of amides is 1. The third-order valence-corrected chi connectivity index (χ3v) is 3.46. The number of carbonyl (C=O) groups excluding carboxylic acids is 1. The van der Waals surface area contributed by atoms with Gasteiger partial charge in [-0.1, -0.05) is 0 Å². The number of nitrogens with zero attached hydrogens (tertiary/aromatic N) is 4. The molecule has 106 valence electrons. The van der Waals surface area contributed by atoms with E-state index < -0.39 is 0 Å². The monoisotopic (exact) mass is 292 g/mol. The first kappa shape index (κ1) is 14.4. The molecule has 7 nitrogen and oxygen atoms in total. The second-order valence-electron chi connectivity index (χ2n) is 4.31. The number of H-pyrrole nitrogens is 1. The van der Waals surface area contributed by atoms with Crippen molar-refractivity contribution >= 4 is 17.7 Å². The molecule has 1 atom stereocenters. The number of thioether (sulfide) groups is 1. The minimum Gasteiger partial charge on any atom is -0.342 e. The Kier molecular flexibility index (Phi) is 4.33. The second kappa shape index (κ2) is 6.00. The predicted octanol–water partition coefficient (Wildman–Crippen LogP) is 1.42. The largest absolute Gasteiger partial charge is 0.342 e. The Morgan fingerprint density at radius 3 is 2.75 bits per heavy atom. The zero-order valence-corrected chi connectivity index (χ0v) is 12.6. The molecule has 2 rings (SSSR count). The van der Waals surface area contributed by atoms with E-state index in [9.17, 15) is 4.79 Å². The van der Waals surface area contributed by atoms with Crippen molar-refractivity contribution in [1.82, 2.24) is 30.5 Å². The molecule has 0 saturated heterocycles. The minimum atomic E-state index is -0.264. The van der Waals surface area contributed by atoms with Gasteiger partial charge in [0.2, 0.25) is 0 Å². The Morgan fingerprint density at radius 1 is 1.40 bits per heavy atom. The van der Waals surface area contributed by atoms with E-state index in [1.807, 2.05) is 27.0 Å². The lowest BCUT2D eigenvalue weighted by atomic mass is 10.2. The molecule has 1 unspecified atom stereocenters. The number of aromatic amines is 1. The highest BCUT2D eigenvalue weighted by atomic mass is 32.2. The first-order valence-electron chi connectivity index (χ1n) is 6.08. The number of carbonyl (C=O) groups is 1.